The number of nitrogens with one attached hydrogen (secondary N) is 1. The number of hydrogen-bond acceptors (Lipinski definition) is 4. The number of benzene rings is 1. The third kappa shape index (κ3) is 3.28. The number of furan rings is 1. The zero-order chi connectivity index (χ0) is 14.7. The van der Waals surface area contributed by atoms with Crippen LogP contribution in [0.4, 0.5) is 0 Å². The van der Waals surface area contributed by atoms with Crippen LogP contribution in [0, 0.1) is 5.92 Å². The Morgan fingerprint density at radius 2 is 2.29 bits per heavy atom. The van der Waals surface area contributed by atoms with Crippen molar-refractivity contribution in [3.05, 3.63) is 36.1 Å². The number of para-hydroxylation sites is 1. The highest BCUT2D eigenvalue weighted by Crippen LogP contribution is 2.26. The van der Waals surface area contributed by atoms with Gasteiger partial charge >= 0.3 is 0 Å². The molecule has 1 N–H and O–H groups in total. The van der Waals surface area contributed by atoms with Gasteiger partial charge in [-0.1, -0.05) is 18.2 Å². The van der Waals surface area contributed by atoms with Gasteiger partial charge in [-0.15, -0.1) is 0 Å². The number of methoxy groups -OCH3 is 1. The maximum atomic E-state index is 5.99. The number of hydrogen-bond donors (Lipinski definition) is 1. The summed E-state index contributed by atoms with van der Waals surface area (Å²) in [6.45, 7) is 4.11. The molecule has 2 heterocycles. The first-order valence-electron chi connectivity index (χ1n) is 7.67. The van der Waals surface area contributed by atoms with Crippen molar-refractivity contribution in [2.24, 2.45) is 5.92 Å². The van der Waals surface area contributed by atoms with E-state index >= 15 is 0 Å². The normalized spacial score (nSPS) is 21.1. The molecule has 1 saturated heterocycles. The molecule has 1 aromatic carbocycles. The van der Waals surface area contributed by atoms with E-state index in [2.05, 4.69) is 22.3 Å². The van der Waals surface area contributed by atoms with Crippen LogP contribution in [0.3, 0.4) is 0 Å². The summed E-state index contributed by atoms with van der Waals surface area (Å²) in [4.78, 5) is 2.50. The van der Waals surface area contributed by atoms with Crippen molar-refractivity contribution in [2.75, 3.05) is 40.4 Å². The summed E-state index contributed by atoms with van der Waals surface area (Å²) >= 11 is 0. The lowest BCUT2D eigenvalue weighted by atomic mass is 10.1. The first-order valence-corrected chi connectivity index (χ1v) is 7.67. The van der Waals surface area contributed by atoms with Crippen LogP contribution < -0.4 is 5.32 Å². The Kier molecular flexibility index (Phi) is 4.58. The molecule has 0 saturated carbocycles. The van der Waals surface area contributed by atoms with E-state index in [1.165, 1.54) is 11.8 Å². The summed E-state index contributed by atoms with van der Waals surface area (Å²) in [7, 11) is 3.79. The van der Waals surface area contributed by atoms with Crippen LogP contribution >= 0.6 is 0 Å². The molecule has 0 aliphatic carbocycles. The number of likely N-dealkylation sites (N-methyl/N-ethyl adjacent to an activating group) is 1. The number of likely N-dealkylation sites (tertiary alicyclic amines) is 1. The van der Waals surface area contributed by atoms with Gasteiger partial charge in [-0.05, 0) is 38.1 Å². The molecule has 0 bridgehead atoms. The summed E-state index contributed by atoms with van der Waals surface area (Å²) in [6.07, 6.45) is 1.23. The lowest BCUT2D eigenvalue weighted by molar-refractivity contribution is 0.151. The lowest BCUT2D eigenvalue weighted by Gasteiger charge is -2.22. The number of nitrogens with zero attached hydrogens (tertiary/aromatic N) is 1. The highest BCUT2D eigenvalue weighted by molar-refractivity contribution is 5.77. The van der Waals surface area contributed by atoms with Crippen LogP contribution in [-0.4, -0.2) is 45.3 Å². The van der Waals surface area contributed by atoms with E-state index in [0.717, 1.165) is 37.6 Å². The first kappa shape index (κ1) is 14.6. The van der Waals surface area contributed by atoms with Crippen LogP contribution in [0.5, 0.6) is 0 Å². The Labute approximate surface area is 126 Å². The standard InChI is InChI=1S/C17H24N2O2/c1-18-15(11-19-8-7-13(10-19)12-20-2)17-9-14-5-3-4-6-16(14)21-17/h3-6,9,13,15,18H,7-8,10-12H2,1-2H3. The molecular weight excluding hydrogens is 264 g/mol. The molecule has 4 heteroatoms. The van der Waals surface area contributed by atoms with Gasteiger partial charge in [0.2, 0.25) is 0 Å². The fourth-order valence-electron chi connectivity index (χ4n) is 3.21. The number of ether oxygens (including phenoxy) is 1. The Balaban J connectivity index is 1.67. The summed E-state index contributed by atoms with van der Waals surface area (Å²) in [5.74, 6) is 1.69. The van der Waals surface area contributed by atoms with Crippen LogP contribution in [0.1, 0.15) is 18.2 Å². The maximum absolute atomic E-state index is 5.99. The van der Waals surface area contributed by atoms with Crippen molar-refractivity contribution in [2.45, 2.75) is 12.5 Å². The second kappa shape index (κ2) is 6.60. The third-order valence-electron chi connectivity index (χ3n) is 4.35. The molecule has 1 aliphatic heterocycles. The van der Waals surface area contributed by atoms with Crippen molar-refractivity contribution in [1.82, 2.24) is 10.2 Å². The fourth-order valence-corrected chi connectivity index (χ4v) is 3.21. The van der Waals surface area contributed by atoms with Crippen molar-refractivity contribution in [3.63, 3.8) is 0 Å². The monoisotopic (exact) mass is 288 g/mol. The van der Waals surface area contributed by atoms with E-state index in [0.29, 0.717) is 5.92 Å². The Hall–Kier alpha value is -1.36. The quantitative estimate of drug-likeness (QED) is 0.887. The molecule has 2 aromatic rings. The molecule has 1 fully saturated rings. The van der Waals surface area contributed by atoms with Gasteiger partial charge in [0.25, 0.3) is 0 Å². The van der Waals surface area contributed by atoms with E-state index in [1.807, 2.05) is 25.2 Å². The largest absolute Gasteiger partial charge is 0.459 e. The van der Waals surface area contributed by atoms with Crippen molar-refractivity contribution in [3.8, 4) is 0 Å². The molecule has 21 heavy (non-hydrogen) atoms. The molecule has 0 amide bonds. The second-order valence-electron chi connectivity index (χ2n) is 5.90. The van der Waals surface area contributed by atoms with Gasteiger partial charge in [0.15, 0.2) is 0 Å². The SMILES string of the molecule is CNC(CN1CCC(COC)C1)c1cc2ccccc2o1. The molecule has 1 aliphatic rings. The predicted molar refractivity (Wildman–Crippen MR) is 84.4 cm³/mol. The summed E-state index contributed by atoms with van der Waals surface area (Å²) in [6, 6.07) is 10.6. The minimum atomic E-state index is 0.235. The van der Waals surface area contributed by atoms with Crippen LogP contribution in [0.25, 0.3) is 11.0 Å². The smallest absolute Gasteiger partial charge is 0.134 e. The number of fused-ring (bicyclic) bond motifs is 1. The van der Waals surface area contributed by atoms with Gasteiger partial charge in [-0.25, -0.2) is 0 Å². The van der Waals surface area contributed by atoms with E-state index in [-0.39, 0.29) is 6.04 Å². The van der Waals surface area contributed by atoms with Crippen molar-refractivity contribution < 1.29 is 9.15 Å². The second-order valence-corrected chi connectivity index (χ2v) is 5.90. The van der Waals surface area contributed by atoms with Crippen LogP contribution in [-0.2, 0) is 4.74 Å². The number of rotatable bonds is 6. The van der Waals surface area contributed by atoms with Crippen molar-refractivity contribution >= 4 is 11.0 Å². The van der Waals surface area contributed by atoms with E-state index < -0.39 is 0 Å². The van der Waals surface area contributed by atoms with Gasteiger partial charge in [0.1, 0.15) is 11.3 Å². The molecule has 3 rings (SSSR count). The zero-order valence-electron chi connectivity index (χ0n) is 12.8. The maximum Gasteiger partial charge on any atom is 0.134 e. The van der Waals surface area contributed by atoms with E-state index in [4.69, 9.17) is 9.15 Å². The van der Waals surface area contributed by atoms with Gasteiger partial charge in [0, 0.05) is 25.6 Å². The Morgan fingerprint density at radius 1 is 1.43 bits per heavy atom. The molecule has 0 radical (unpaired) electrons. The molecule has 2 atom stereocenters. The topological polar surface area (TPSA) is 37.6 Å². The predicted octanol–water partition coefficient (Wildman–Crippen LogP) is 2.66. The highest BCUT2D eigenvalue weighted by Gasteiger charge is 2.25. The van der Waals surface area contributed by atoms with Gasteiger partial charge in [-0.3, -0.25) is 0 Å². The summed E-state index contributed by atoms with van der Waals surface area (Å²) in [5.41, 5.74) is 0.964. The minimum absolute atomic E-state index is 0.235. The molecule has 1 aromatic heterocycles. The van der Waals surface area contributed by atoms with Crippen molar-refractivity contribution in [1.29, 1.82) is 0 Å². The average molecular weight is 288 g/mol. The fraction of sp³-hybridized carbons (Fsp3) is 0.529. The van der Waals surface area contributed by atoms with E-state index in [1.54, 1.807) is 7.11 Å². The summed E-state index contributed by atoms with van der Waals surface area (Å²) < 4.78 is 11.3. The Morgan fingerprint density at radius 3 is 3.05 bits per heavy atom. The van der Waals surface area contributed by atoms with Gasteiger partial charge in [-0.2, -0.15) is 0 Å². The highest BCUT2D eigenvalue weighted by atomic mass is 16.5. The molecule has 2 unspecified atom stereocenters. The molecule has 0 spiro atoms. The minimum Gasteiger partial charge on any atom is -0.459 e. The van der Waals surface area contributed by atoms with Gasteiger partial charge < -0.3 is 19.4 Å². The van der Waals surface area contributed by atoms with E-state index in [9.17, 15) is 0 Å². The Bertz CT molecular complexity index is 548. The molecule has 4 nitrogen and oxygen atoms in total. The summed E-state index contributed by atoms with van der Waals surface area (Å²) in [5, 5.41) is 4.56. The lowest BCUT2D eigenvalue weighted by Crippen LogP contribution is -2.32. The molecular formula is C17H24N2O2. The third-order valence-corrected chi connectivity index (χ3v) is 4.35. The average Bonchev–Trinajstić information content (AvgIpc) is 3.11. The van der Waals surface area contributed by atoms with Crippen LogP contribution in [0.2, 0.25) is 0 Å². The first-order chi connectivity index (χ1) is 10.3. The van der Waals surface area contributed by atoms with Gasteiger partial charge in [0.05, 0.1) is 12.6 Å². The zero-order valence-corrected chi connectivity index (χ0v) is 12.8. The molecule has 114 valence electrons. The van der Waals surface area contributed by atoms with Crippen LogP contribution in [0.15, 0.2) is 34.7 Å².